The number of hydrogen-bond acceptors (Lipinski definition) is 4. The van der Waals surface area contributed by atoms with Crippen molar-refractivity contribution >= 4 is 29.1 Å². The Kier molecular flexibility index (Phi) is 9.41. The first-order chi connectivity index (χ1) is 17.8. The number of halogens is 3. The second-order valence-corrected chi connectivity index (χ2v) is 10.5. The van der Waals surface area contributed by atoms with E-state index >= 15 is 0 Å². The van der Waals surface area contributed by atoms with E-state index in [1.807, 2.05) is 20.2 Å². The molecule has 0 radical (unpaired) electrons. The molecule has 3 aromatic rings. The molecule has 1 aliphatic rings. The van der Waals surface area contributed by atoms with Crippen molar-refractivity contribution in [1.29, 1.82) is 0 Å². The Morgan fingerprint density at radius 2 is 1.78 bits per heavy atom. The van der Waals surface area contributed by atoms with E-state index in [-0.39, 0.29) is 11.9 Å². The maximum Gasteiger partial charge on any atom is 0.270 e. The Bertz CT molecular complexity index is 1250. The van der Waals surface area contributed by atoms with Crippen molar-refractivity contribution in [2.24, 2.45) is 0 Å². The zero-order chi connectivity index (χ0) is 26.4. The molecule has 1 aromatic heterocycles. The first kappa shape index (κ1) is 27.4. The molecular formula is C29H32Cl2FN3O2. The predicted octanol–water partition coefficient (Wildman–Crippen LogP) is 7.25. The molecule has 1 N–H and O–H groups in total. The van der Waals surface area contributed by atoms with Gasteiger partial charge in [-0.3, -0.25) is 4.79 Å². The number of amides is 1. The first-order valence-electron chi connectivity index (χ1n) is 12.7. The van der Waals surface area contributed by atoms with Crippen molar-refractivity contribution in [3.05, 3.63) is 70.1 Å². The van der Waals surface area contributed by atoms with E-state index in [1.54, 1.807) is 24.3 Å². The Labute approximate surface area is 227 Å². The van der Waals surface area contributed by atoms with Crippen LogP contribution in [-0.4, -0.2) is 49.1 Å². The Morgan fingerprint density at radius 1 is 1.03 bits per heavy atom. The van der Waals surface area contributed by atoms with Gasteiger partial charge in [0.1, 0.15) is 17.3 Å². The number of rotatable bonds is 9. The number of benzene rings is 2. The third-order valence-electron chi connectivity index (χ3n) is 6.50. The van der Waals surface area contributed by atoms with Crippen LogP contribution in [0.15, 0.2) is 48.5 Å². The van der Waals surface area contributed by atoms with Crippen LogP contribution in [0.4, 0.5) is 4.39 Å². The topological polar surface area (TPSA) is 54.5 Å². The minimum atomic E-state index is -0.412. The molecule has 196 valence electrons. The minimum absolute atomic E-state index is 0.154. The molecule has 0 bridgehead atoms. The van der Waals surface area contributed by atoms with Crippen LogP contribution in [-0.2, 0) is 0 Å². The zero-order valence-corrected chi connectivity index (χ0v) is 22.7. The molecule has 0 unspecified atom stereocenters. The van der Waals surface area contributed by atoms with E-state index < -0.39 is 5.82 Å². The minimum Gasteiger partial charge on any atom is -0.492 e. The van der Waals surface area contributed by atoms with Crippen molar-refractivity contribution < 1.29 is 13.9 Å². The second kappa shape index (κ2) is 12.7. The summed E-state index contributed by atoms with van der Waals surface area (Å²) in [5.74, 6) is -0.113. The fraction of sp³-hybridized carbons (Fsp3) is 0.379. The van der Waals surface area contributed by atoms with Gasteiger partial charge in [-0.15, -0.1) is 0 Å². The van der Waals surface area contributed by atoms with Crippen LogP contribution in [0.3, 0.4) is 0 Å². The number of nitrogens with one attached hydrogen (secondary N) is 1. The van der Waals surface area contributed by atoms with E-state index in [2.05, 4.69) is 10.2 Å². The fourth-order valence-corrected chi connectivity index (χ4v) is 4.95. The van der Waals surface area contributed by atoms with E-state index in [9.17, 15) is 9.18 Å². The van der Waals surface area contributed by atoms with Gasteiger partial charge in [-0.25, -0.2) is 9.37 Å². The van der Waals surface area contributed by atoms with Crippen molar-refractivity contribution in [2.45, 2.75) is 44.6 Å². The lowest BCUT2D eigenvalue weighted by atomic mass is 9.95. The van der Waals surface area contributed by atoms with Crippen LogP contribution in [0.5, 0.6) is 5.75 Å². The van der Waals surface area contributed by atoms with Crippen LogP contribution >= 0.6 is 23.2 Å². The average Bonchev–Trinajstić information content (AvgIpc) is 2.89. The van der Waals surface area contributed by atoms with Crippen LogP contribution in [0, 0.1) is 5.82 Å². The molecule has 1 heterocycles. The lowest BCUT2D eigenvalue weighted by molar-refractivity contribution is 0.0923. The molecule has 1 aliphatic carbocycles. The highest BCUT2D eigenvalue weighted by Crippen LogP contribution is 2.38. The van der Waals surface area contributed by atoms with Gasteiger partial charge in [-0.05, 0) is 75.8 Å². The van der Waals surface area contributed by atoms with Crippen molar-refractivity contribution in [3.63, 3.8) is 0 Å². The van der Waals surface area contributed by atoms with E-state index in [0.717, 1.165) is 38.6 Å². The summed E-state index contributed by atoms with van der Waals surface area (Å²) in [6.45, 7) is 1.39. The van der Waals surface area contributed by atoms with Crippen molar-refractivity contribution in [2.75, 3.05) is 27.2 Å². The maximum atomic E-state index is 14.2. The highest BCUT2D eigenvalue weighted by atomic mass is 35.5. The van der Waals surface area contributed by atoms with Crippen LogP contribution in [0.2, 0.25) is 10.0 Å². The molecule has 1 amide bonds. The standard InChI is InChI=1S/C29H32Cl2FN3O2/c1-35(2)15-6-16-37-27-17-19(9-12-25(27)31)28-22(23-18-20(32)10-13-24(23)30)11-14-26(34-28)29(36)33-21-7-4-3-5-8-21/h9-14,17-18,21H,3-8,15-16H2,1-2H3,(H,33,36). The third kappa shape index (κ3) is 7.22. The van der Waals surface area contributed by atoms with Gasteiger partial charge in [0.05, 0.1) is 17.3 Å². The number of aromatic nitrogens is 1. The van der Waals surface area contributed by atoms with Gasteiger partial charge in [-0.1, -0.05) is 48.5 Å². The highest BCUT2D eigenvalue weighted by Gasteiger charge is 2.21. The summed E-state index contributed by atoms with van der Waals surface area (Å²) in [5, 5.41) is 3.98. The Morgan fingerprint density at radius 3 is 2.54 bits per heavy atom. The summed E-state index contributed by atoms with van der Waals surface area (Å²) < 4.78 is 20.2. The largest absolute Gasteiger partial charge is 0.492 e. The number of pyridine rings is 1. The molecule has 0 atom stereocenters. The maximum absolute atomic E-state index is 14.2. The molecule has 1 fully saturated rings. The number of ether oxygens (including phenoxy) is 1. The molecule has 5 nitrogen and oxygen atoms in total. The SMILES string of the molecule is CN(C)CCCOc1cc(-c2nc(C(=O)NC3CCCCC3)ccc2-c2cc(F)ccc2Cl)ccc1Cl. The van der Waals surface area contributed by atoms with Gasteiger partial charge in [0.2, 0.25) is 0 Å². The highest BCUT2D eigenvalue weighted by molar-refractivity contribution is 6.33. The van der Waals surface area contributed by atoms with E-state index in [4.69, 9.17) is 32.9 Å². The van der Waals surface area contributed by atoms with Crippen molar-refractivity contribution in [1.82, 2.24) is 15.2 Å². The molecule has 4 rings (SSSR count). The molecule has 37 heavy (non-hydrogen) atoms. The van der Waals surface area contributed by atoms with Crippen molar-refractivity contribution in [3.8, 4) is 28.1 Å². The van der Waals surface area contributed by atoms with Gasteiger partial charge in [-0.2, -0.15) is 0 Å². The smallest absolute Gasteiger partial charge is 0.270 e. The Balaban J connectivity index is 1.71. The monoisotopic (exact) mass is 543 g/mol. The predicted molar refractivity (Wildman–Crippen MR) is 148 cm³/mol. The van der Waals surface area contributed by atoms with Crippen LogP contribution < -0.4 is 10.1 Å². The molecule has 0 aliphatic heterocycles. The molecule has 2 aromatic carbocycles. The zero-order valence-electron chi connectivity index (χ0n) is 21.2. The molecular weight excluding hydrogens is 512 g/mol. The van der Waals surface area contributed by atoms with Gasteiger partial charge in [0.15, 0.2) is 0 Å². The Hall–Kier alpha value is -2.67. The third-order valence-corrected chi connectivity index (χ3v) is 7.14. The van der Waals surface area contributed by atoms with Gasteiger partial charge in [0.25, 0.3) is 5.91 Å². The number of hydrogen-bond donors (Lipinski definition) is 1. The number of carbonyl (C=O) groups is 1. The lowest BCUT2D eigenvalue weighted by Crippen LogP contribution is -2.36. The summed E-state index contributed by atoms with van der Waals surface area (Å²) in [6.07, 6.45) is 6.22. The summed E-state index contributed by atoms with van der Waals surface area (Å²) >= 11 is 12.9. The van der Waals surface area contributed by atoms with E-state index in [1.165, 1.54) is 24.6 Å². The summed E-state index contributed by atoms with van der Waals surface area (Å²) in [6, 6.07) is 13.1. The van der Waals surface area contributed by atoms with Crippen LogP contribution in [0.1, 0.15) is 49.0 Å². The molecule has 0 saturated heterocycles. The van der Waals surface area contributed by atoms with Gasteiger partial charge < -0.3 is 15.0 Å². The van der Waals surface area contributed by atoms with Crippen LogP contribution in [0.25, 0.3) is 22.4 Å². The lowest BCUT2D eigenvalue weighted by Gasteiger charge is -2.22. The summed E-state index contributed by atoms with van der Waals surface area (Å²) in [4.78, 5) is 19.9. The molecule has 8 heteroatoms. The first-order valence-corrected chi connectivity index (χ1v) is 13.4. The normalized spacial score (nSPS) is 14.1. The van der Waals surface area contributed by atoms with E-state index in [0.29, 0.717) is 50.5 Å². The quantitative estimate of drug-likeness (QED) is 0.288. The summed E-state index contributed by atoms with van der Waals surface area (Å²) in [5.41, 5.74) is 2.58. The number of carbonyl (C=O) groups excluding carboxylic acids is 1. The average molecular weight is 544 g/mol. The summed E-state index contributed by atoms with van der Waals surface area (Å²) in [7, 11) is 4.02. The van der Waals surface area contributed by atoms with Gasteiger partial charge >= 0.3 is 0 Å². The van der Waals surface area contributed by atoms with Gasteiger partial charge in [0, 0.05) is 34.3 Å². The second-order valence-electron chi connectivity index (χ2n) is 9.68. The number of nitrogens with zero attached hydrogens (tertiary/aromatic N) is 2. The fourth-order valence-electron chi connectivity index (χ4n) is 4.56. The molecule has 1 saturated carbocycles. The molecule has 0 spiro atoms.